The first-order valence-corrected chi connectivity index (χ1v) is 10.5. The van der Waals surface area contributed by atoms with Crippen LogP contribution in [0.5, 0.6) is 5.75 Å². The number of pyridine rings is 1. The number of nitrogens with zero attached hydrogens (tertiary/aromatic N) is 4. The fourth-order valence-corrected chi connectivity index (χ4v) is 3.97. The zero-order valence-electron chi connectivity index (χ0n) is 17.4. The lowest BCUT2D eigenvalue weighted by Crippen LogP contribution is -2.47. The van der Waals surface area contributed by atoms with Gasteiger partial charge in [-0.05, 0) is 29.8 Å². The molecule has 1 saturated heterocycles. The maximum Gasteiger partial charge on any atom is 0.341 e. The van der Waals surface area contributed by atoms with Crippen LogP contribution in [0.15, 0.2) is 61.2 Å². The minimum atomic E-state index is -0.981. The van der Waals surface area contributed by atoms with Crippen molar-refractivity contribution in [3.8, 4) is 5.75 Å². The van der Waals surface area contributed by atoms with Crippen molar-refractivity contribution in [2.75, 3.05) is 44.2 Å². The third-order valence-corrected chi connectivity index (χ3v) is 5.59. The number of anilines is 1. The van der Waals surface area contributed by atoms with Crippen molar-refractivity contribution in [1.82, 2.24) is 19.9 Å². The molecule has 2 aromatic heterocycles. The predicted octanol–water partition coefficient (Wildman–Crippen LogP) is 2.42. The molecule has 0 saturated carbocycles. The van der Waals surface area contributed by atoms with Crippen molar-refractivity contribution in [3.63, 3.8) is 0 Å². The third-order valence-electron chi connectivity index (χ3n) is 5.59. The second kappa shape index (κ2) is 10.1. The molecule has 3 heterocycles. The number of imidazole rings is 1. The van der Waals surface area contributed by atoms with Crippen LogP contribution in [0.25, 0.3) is 0 Å². The fourth-order valence-electron chi connectivity index (χ4n) is 3.97. The van der Waals surface area contributed by atoms with Gasteiger partial charge in [-0.3, -0.25) is 9.88 Å². The highest BCUT2D eigenvalue weighted by atomic mass is 16.5. The number of piperazine rings is 1. The molecule has 8 nitrogen and oxygen atoms in total. The van der Waals surface area contributed by atoms with Crippen LogP contribution in [-0.2, 0) is 11.2 Å². The number of nitrogens with one attached hydrogen (secondary N) is 1. The molecule has 1 aromatic carbocycles. The highest BCUT2D eigenvalue weighted by molar-refractivity contribution is 5.68. The van der Waals surface area contributed by atoms with E-state index >= 15 is 0 Å². The molecule has 0 amide bonds. The van der Waals surface area contributed by atoms with Crippen LogP contribution in [0.4, 0.5) is 5.69 Å². The molecule has 2 N–H and O–H groups in total. The Morgan fingerprint density at radius 3 is 2.45 bits per heavy atom. The largest absolute Gasteiger partial charge is 0.482 e. The van der Waals surface area contributed by atoms with E-state index in [4.69, 9.17) is 9.84 Å². The number of ether oxygens (including phenoxy) is 1. The standard InChI is InChI=1S/C23H27N5O3/c29-23(30)17-31-21-3-1-18(2-4-21)19(15-22-25-9-10-26-22)16-27-11-13-28(14-12-27)20-5-7-24-8-6-20/h1-10,19H,11-17H2,(H,25,26)(H,29,30). The molecule has 0 bridgehead atoms. The van der Waals surface area contributed by atoms with Crippen LogP contribution < -0.4 is 9.64 Å². The third kappa shape index (κ3) is 5.82. The van der Waals surface area contributed by atoms with Gasteiger partial charge in [-0.2, -0.15) is 0 Å². The van der Waals surface area contributed by atoms with Gasteiger partial charge < -0.3 is 19.7 Å². The molecule has 31 heavy (non-hydrogen) atoms. The van der Waals surface area contributed by atoms with Crippen LogP contribution in [0.1, 0.15) is 17.3 Å². The molecule has 162 valence electrons. The number of aromatic nitrogens is 3. The Kier molecular flexibility index (Phi) is 6.78. The highest BCUT2D eigenvalue weighted by Gasteiger charge is 2.22. The molecular formula is C23H27N5O3. The fraction of sp³-hybridized carbons (Fsp3) is 0.348. The summed E-state index contributed by atoms with van der Waals surface area (Å²) in [6.45, 7) is 4.56. The van der Waals surface area contributed by atoms with Gasteiger partial charge in [0.15, 0.2) is 6.61 Å². The van der Waals surface area contributed by atoms with E-state index in [-0.39, 0.29) is 12.5 Å². The number of aromatic amines is 1. The van der Waals surface area contributed by atoms with Gasteiger partial charge in [-0.15, -0.1) is 0 Å². The minimum absolute atomic E-state index is 0.271. The van der Waals surface area contributed by atoms with Crippen LogP contribution in [0.2, 0.25) is 0 Å². The van der Waals surface area contributed by atoms with E-state index in [0.717, 1.165) is 45.0 Å². The maximum absolute atomic E-state index is 10.7. The van der Waals surface area contributed by atoms with Crippen molar-refractivity contribution in [2.45, 2.75) is 12.3 Å². The van der Waals surface area contributed by atoms with E-state index in [1.54, 1.807) is 6.20 Å². The highest BCUT2D eigenvalue weighted by Crippen LogP contribution is 2.25. The molecule has 4 rings (SSSR count). The molecule has 1 fully saturated rings. The van der Waals surface area contributed by atoms with E-state index in [1.807, 2.05) is 42.9 Å². The van der Waals surface area contributed by atoms with Gasteiger partial charge in [0.05, 0.1) is 0 Å². The van der Waals surface area contributed by atoms with Gasteiger partial charge in [-0.25, -0.2) is 9.78 Å². The molecule has 1 unspecified atom stereocenters. The summed E-state index contributed by atoms with van der Waals surface area (Å²) in [5.41, 5.74) is 2.41. The van der Waals surface area contributed by atoms with Crippen LogP contribution >= 0.6 is 0 Å². The number of carboxylic acids is 1. The number of benzene rings is 1. The second-order valence-corrected chi connectivity index (χ2v) is 7.68. The summed E-state index contributed by atoms with van der Waals surface area (Å²) < 4.78 is 5.27. The Bertz CT molecular complexity index is 939. The SMILES string of the molecule is O=C(O)COc1ccc(C(Cc2ncc[nH]2)CN2CCN(c3ccncc3)CC2)cc1. The van der Waals surface area contributed by atoms with Gasteiger partial charge in [0.1, 0.15) is 11.6 Å². The average Bonchev–Trinajstić information content (AvgIpc) is 3.32. The maximum atomic E-state index is 10.7. The van der Waals surface area contributed by atoms with Crippen molar-refractivity contribution in [3.05, 3.63) is 72.6 Å². The molecule has 1 atom stereocenters. The first-order chi connectivity index (χ1) is 15.2. The van der Waals surface area contributed by atoms with Gasteiger partial charge in [-0.1, -0.05) is 12.1 Å². The van der Waals surface area contributed by atoms with Gasteiger partial charge in [0.25, 0.3) is 0 Å². The van der Waals surface area contributed by atoms with Crippen LogP contribution in [0.3, 0.4) is 0 Å². The van der Waals surface area contributed by atoms with Crippen molar-refractivity contribution >= 4 is 11.7 Å². The van der Waals surface area contributed by atoms with E-state index in [2.05, 4.69) is 36.9 Å². The van der Waals surface area contributed by atoms with Gasteiger partial charge >= 0.3 is 5.97 Å². The molecule has 0 spiro atoms. The Labute approximate surface area is 181 Å². The Balaban J connectivity index is 1.40. The summed E-state index contributed by atoms with van der Waals surface area (Å²) in [5, 5.41) is 8.79. The summed E-state index contributed by atoms with van der Waals surface area (Å²) in [6, 6.07) is 11.9. The molecule has 1 aliphatic heterocycles. The van der Waals surface area contributed by atoms with Gasteiger partial charge in [0.2, 0.25) is 0 Å². The molecule has 3 aromatic rings. The first kappa shape index (κ1) is 20.9. The normalized spacial score (nSPS) is 15.5. The number of carboxylic acid groups (broad SMARTS) is 1. The zero-order valence-corrected chi connectivity index (χ0v) is 17.4. The summed E-state index contributed by atoms with van der Waals surface area (Å²) >= 11 is 0. The number of hydrogen-bond acceptors (Lipinski definition) is 6. The lowest BCUT2D eigenvalue weighted by molar-refractivity contribution is -0.139. The summed E-state index contributed by atoms with van der Waals surface area (Å²) in [6.07, 6.45) is 8.12. The number of aliphatic carboxylic acids is 1. The predicted molar refractivity (Wildman–Crippen MR) is 117 cm³/mol. The lowest BCUT2D eigenvalue weighted by Gasteiger charge is -2.37. The monoisotopic (exact) mass is 421 g/mol. The van der Waals surface area contributed by atoms with E-state index in [1.165, 1.54) is 11.3 Å². The number of rotatable bonds is 9. The second-order valence-electron chi connectivity index (χ2n) is 7.68. The lowest BCUT2D eigenvalue weighted by atomic mass is 9.94. The summed E-state index contributed by atoms with van der Waals surface area (Å²) in [4.78, 5) is 27.3. The van der Waals surface area contributed by atoms with E-state index < -0.39 is 5.97 Å². The smallest absolute Gasteiger partial charge is 0.341 e. The number of H-pyrrole nitrogens is 1. The van der Waals surface area contributed by atoms with Crippen molar-refractivity contribution in [2.24, 2.45) is 0 Å². The van der Waals surface area contributed by atoms with Gasteiger partial charge in [0, 0.05) is 75.5 Å². The average molecular weight is 422 g/mol. The van der Waals surface area contributed by atoms with Crippen LogP contribution in [-0.4, -0.2) is 70.3 Å². The van der Waals surface area contributed by atoms with Crippen LogP contribution in [0, 0.1) is 0 Å². The Morgan fingerprint density at radius 1 is 1.06 bits per heavy atom. The molecule has 1 aliphatic rings. The Hall–Kier alpha value is -3.39. The quantitative estimate of drug-likeness (QED) is 0.548. The van der Waals surface area contributed by atoms with Crippen molar-refractivity contribution < 1.29 is 14.6 Å². The first-order valence-electron chi connectivity index (χ1n) is 10.5. The summed E-state index contributed by atoms with van der Waals surface area (Å²) in [7, 11) is 0. The zero-order chi connectivity index (χ0) is 21.5. The molecule has 8 heteroatoms. The topological polar surface area (TPSA) is 94.6 Å². The van der Waals surface area contributed by atoms with E-state index in [9.17, 15) is 4.79 Å². The Morgan fingerprint density at radius 2 is 1.81 bits per heavy atom. The molecular weight excluding hydrogens is 394 g/mol. The van der Waals surface area contributed by atoms with Crippen molar-refractivity contribution in [1.29, 1.82) is 0 Å². The minimum Gasteiger partial charge on any atom is -0.482 e. The number of carbonyl (C=O) groups is 1. The number of hydrogen-bond donors (Lipinski definition) is 2. The summed E-state index contributed by atoms with van der Waals surface area (Å²) in [5.74, 6) is 0.818. The molecule has 0 radical (unpaired) electrons. The van der Waals surface area contributed by atoms with E-state index in [0.29, 0.717) is 5.75 Å². The molecule has 0 aliphatic carbocycles.